The molecule has 3 amide bonds. The van der Waals surface area contributed by atoms with Gasteiger partial charge in [-0.3, -0.25) is 14.4 Å². The number of hydrogen-bond donors (Lipinski definition) is 2. The summed E-state index contributed by atoms with van der Waals surface area (Å²) in [6, 6.07) is 24.4. The lowest BCUT2D eigenvalue weighted by Gasteiger charge is -2.36. The highest BCUT2D eigenvalue weighted by Gasteiger charge is 2.36. The molecule has 2 heterocycles. The summed E-state index contributed by atoms with van der Waals surface area (Å²) >= 11 is 0. The molecule has 3 aromatic rings. The van der Waals surface area contributed by atoms with E-state index in [1.807, 2.05) is 72.8 Å². The maximum Gasteiger partial charge on any atom is 0.252 e. The summed E-state index contributed by atoms with van der Waals surface area (Å²) in [5.41, 5.74) is 4.60. The van der Waals surface area contributed by atoms with Crippen LogP contribution in [0, 0.1) is 0 Å². The second-order valence-corrected chi connectivity index (χ2v) is 8.44. The first kappa shape index (κ1) is 20.9. The van der Waals surface area contributed by atoms with E-state index in [-0.39, 0.29) is 30.2 Å². The molecular weight excluding hydrogens is 414 g/mol. The Morgan fingerprint density at radius 1 is 0.879 bits per heavy atom. The first-order valence-electron chi connectivity index (χ1n) is 11.2. The van der Waals surface area contributed by atoms with Gasteiger partial charge in [-0.25, -0.2) is 0 Å². The van der Waals surface area contributed by atoms with Crippen molar-refractivity contribution >= 4 is 17.7 Å². The average molecular weight is 440 g/mol. The SMILES string of the molecule is O=C1N[C@H](CC(=O)N2CCNC(=O)[C@H]2Cc2ccccc2-c2ccccc2)c2ccccc21. The van der Waals surface area contributed by atoms with Crippen molar-refractivity contribution in [2.45, 2.75) is 24.9 Å². The number of rotatable bonds is 5. The standard InChI is InChI=1S/C27H25N3O3/c31-25(17-23-21-12-6-7-13-22(21)26(32)29-23)30-15-14-28-27(33)24(30)16-19-10-4-5-11-20(19)18-8-2-1-3-9-18/h1-13,23-24H,14-17H2,(H,28,33)(H,29,32)/t23-,24-/m1/s1. The third-order valence-corrected chi connectivity index (χ3v) is 6.43. The molecule has 6 nitrogen and oxygen atoms in total. The van der Waals surface area contributed by atoms with E-state index in [1.165, 1.54) is 0 Å². The third-order valence-electron chi connectivity index (χ3n) is 6.43. The summed E-state index contributed by atoms with van der Waals surface area (Å²) in [7, 11) is 0. The molecule has 0 saturated carbocycles. The number of fused-ring (bicyclic) bond motifs is 1. The summed E-state index contributed by atoms with van der Waals surface area (Å²) < 4.78 is 0. The fourth-order valence-corrected chi connectivity index (χ4v) is 4.80. The van der Waals surface area contributed by atoms with E-state index < -0.39 is 6.04 Å². The molecule has 6 heteroatoms. The topological polar surface area (TPSA) is 78.5 Å². The zero-order chi connectivity index (χ0) is 22.8. The Morgan fingerprint density at radius 3 is 2.39 bits per heavy atom. The highest BCUT2D eigenvalue weighted by molar-refractivity contribution is 6.00. The molecule has 0 unspecified atom stereocenters. The van der Waals surface area contributed by atoms with Crippen LogP contribution in [0.4, 0.5) is 0 Å². The van der Waals surface area contributed by atoms with Crippen molar-refractivity contribution in [1.29, 1.82) is 0 Å². The molecule has 2 N–H and O–H groups in total. The predicted molar refractivity (Wildman–Crippen MR) is 125 cm³/mol. The summed E-state index contributed by atoms with van der Waals surface area (Å²) in [6.07, 6.45) is 0.559. The van der Waals surface area contributed by atoms with Gasteiger partial charge in [0.05, 0.1) is 12.5 Å². The van der Waals surface area contributed by atoms with Crippen LogP contribution in [0.2, 0.25) is 0 Å². The monoisotopic (exact) mass is 439 g/mol. The molecule has 2 atom stereocenters. The number of benzene rings is 3. The first-order valence-corrected chi connectivity index (χ1v) is 11.2. The lowest BCUT2D eigenvalue weighted by Crippen LogP contribution is -2.58. The number of nitrogens with one attached hydrogen (secondary N) is 2. The molecule has 5 rings (SSSR count). The number of carbonyl (C=O) groups is 3. The minimum absolute atomic E-state index is 0.131. The maximum atomic E-state index is 13.4. The van der Waals surface area contributed by atoms with Crippen molar-refractivity contribution in [2.75, 3.05) is 13.1 Å². The van der Waals surface area contributed by atoms with Crippen LogP contribution >= 0.6 is 0 Å². The first-order chi connectivity index (χ1) is 16.1. The van der Waals surface area contributed by atoms with E-state index in [2.05, 4.69) is 10.6 Å². The smallest absolute Gasteiger partial charge is 0.252 e. The summed E-state index contributed by atoms with van der Waals surface area (Å²) in [6.45, 7) is 0.875. The molecule has 0 aliphatic carbocycles. The quantitative estimate of drug-likeness (QED) is 0.641. The van der Waals surface area contributed by atoms with Crippen LogP contribution in [0.5, 0.6) is 0 Å². The fraction of sp³-hybridized carbons (Fsp3) is 0.222. The van der Waals surface area contributed by atoms with Crippen LogP contribution in [0.25, 0.3) is 11.1 Å². The minimum Gasteiger partial charge on any atom is -0.353 e. The minimum atomic E-state index is -0.594. The number of piperazine rings is 1. The zero-order valence-electron chi connectivity index (χ0n) is 18.2. The van der Waals surface area contributed by atoms with Crippen LogP contribution < -0.4 is 10.6 Å². The Bertz CT molecular complexity index is 1210. The number of amides is 3. The van der Waals surface area contributed by atoms with E-state index in [1.54, 1.807) is 11.0 Å². The van der Waals surface area contributed by atoms with E-state index in [4.69, 9.17) is 0 Å². The molecule has 166 valence electrons. The van der Waals surface area contributed by atoms with Crippen molar-refractivity contribution in [3.8, 4) is 11.1 Å². The molecule has 3 aromatic carbocycles. The Kier molecular flexibility index (Phi) is 5.65. The average Bonchev–Trinajstić information content (AvgIpc) is 3.16. The summed E-state index contributed by atoms with van der Waals surface area (Å²) in [5.74, 6) is -0.435. The van der Waals surface area contributed by atoms with Crippen molar-refractivity contribution in [3.05, 3.63) is 95.6 Å². The van der Waals surface area contributed by atoms with Gasteiger partial charge in [-0.1, -0.05) is 72.8 Å². The number of nitrogens with zero attached hydrogens (tertiary/aromatic N) is 1. The molecular formula is C27H25N3O3. The Morgan fingerprint density at radius 2 is 1.58 bits per heavy atom. The lowest BCUT2D eigenvalue weighted by atomic mass is 9.93. The van der Waals surface area contributed by atoms with Gasteiger partial charge in [0.15, 0.2) is 0 Å². The van der Waals surface area contributed by atoms with Gasteiger partial charge in [0.2, 0.25) is 11.8 Å². The van der Waals surface area contributed by atoms with E-state index in [0.29, 0.717) is 25.1 Å². The third kappa shape index (κ3) is 4.12. The molecule has 0 bridgehead atoms. The Hall–Kier alpha value is -3.93. The van der Waals surface area contributed by atoms with Gasteiger partial charge in [0, 0.05) is 25.1 Å². The van der Waals surface area contributed by atoms with Crippen molar-refractivity contribution in [3.63, 3.8) is 0 Å². The van der Waals surface area contributed by atoms with Gasteiger partial charge in [-0.05, 0) is 28.3 Å². The second-order valence-electron chi connectivity index (χ2n) is 8.44. The molecule has 0 aromatic heterocycles. The summed E-state index contributed by atoms with van der Waals surface area (Å²) in [4.78, 5) is 40.2. The van der Waals surface area contributed by atoms with Gasteiger partial charge >= 0.3 is 0 Å². The van der Waals surface area contributed by atoms with Gasteiger partial charge in [0.1, 0.15) is 6.04 Å². The van der Waals surface area contributed by atoms with Gasteiger partial charge in [0.25, 0.3) is 5.91 Å². The molecule has 1 saturated heterocycles. The summed E-state index contributed by atoms with van der Waals surface area (Å²) in [5, 5.41) is 5.82. The molecule has 2 aliphatic rings. The van der Waals surface area contributed by atoms with Crippen molar-refractivity contribution < 1.29 is 14.4 Å². The van der Waals surface area contributed by atoms with Crippen LogP contribution in [0.15, 0.2) is 78.9 Å². The van der Waals surface area contributed by atoms with Crippen LogP contribution in [0.1, 0.15) is 33.9 Å². The fourth-order valence-electron chi connectivity index (χ4n) is 4.80. The van der Waals surface area contributed by atoms with Gasteiger partial charge < -0.3 is 15.5 Å². The predicted octanol–water partition coefficient (Wildman–Crippen LogP) is 3.10. The Balaban J connectivity index is 1.38. The normalized spacial score (nSPS) is 19.6. The highest BCUT2D eigenvalue weighted by Crippen LogP contribution is 2.30. The van der Waals surface area contributed by atoms with Crippen LogP contribution in [-0.4, -0.2) is 41.8 Å². The van der Waals surface area contributed by atoms with Crippen molar-refractivity contribution in [1.82, 2.24) is 15.5 Å². The molecule has 33 heavy (non-hydrogen) atoms. The number of hydrogen-bond acceptors (Lipinski definition) is 3. The van der Waals surface area contributed by atoms with E-state index in [0.717, 1.165) is 22.3 Å². The Labute approximate surface area is 192 Å². The largest absolute Gasteiger partial charge is 0.353 e. The molecule has 0 spiro atoms. The molecule has 1 fully saturated rings. The van der Waals surface area contributed by atoms with Crippen molar-refractivity contribution in [2.24, 2.45) is 0 Å². The maximum absolute atomic E-state index is 13.4. The van der Waals surface area contributed by atoms with Crippen LogP contribution in [-0.2, 0) is 16.0 Å². The molecule has 0 radical (unpaired) electrons. The number of carbonyl (C=O) groups excluding carboxylic acids is 3. The van der Waals surface area contributed by atoms with E-state index >= 15 is 0 Å². The van der Waals surface area contributed by atoms with Gasteiger partial charge in [-0.2, -0.15) is 0 Å². The lowest BCUT2D eigenvalue weighted by molar-refractivity contribution is -0.143. The van der Waals surface area contributed by atoms with Crippen LogP contribution in [0.3, 0.4) is 0 Å². The van der Waals surface area contributed by atoms with E-state index in [9.17, 15) is 14.4 Å². The molecule has 2 aliphatic heterocycles. The highest BCUT2D eigenvalue weighted by atomic mass is 16.2. The van der Waals surface area contributed by atoms with Gasteiger partial charge in [-0.15, -0.1) is 0 Å². The zero-order valence-corrected chi connectivity index (χ0v) is 18.2. The second kappa shape index (κ2) is 8.90.